The van der Waals surface area contributed by atoms with E-state index in [0.717, 1.165) is 28.2 Å². The Bertz CT molecular complexity index is 647. The van der Waals surface area contributed by atoms with Gasteiger partial charge in [-0.05, 0) is 43.2 Å². The molecule has 0 saturated carbocycles. The van der Waals surface area contributed by atoms with Crippen molar-refractivity contribution >= 4 is 17.3 Å². The minimum atomic E-state index is -0.763. The van der Waals surface area contributed by atoms with Crippen LogP contribution in [-0.2, 0) is 4.79 Å². The van der Waals surface area contributed by atoms with Gasteiger partial charge in [-0.15, -0.1) is 0 Å². The normalized spacial score (nSPS) is 10.4. The molecule has 0 aliphatic heterocycles. The van der Waals surface area contributed by atoms with E-state index in [4.69, 9.17) is 0 Å². The standard InChI is InChI=1S/C16H15F2NO/c1-10-7-8-11(2)15(9-10)19(12(3)20)16-13(17)5-4-6-14(16)18/h4-9H,1-3H3. The first-order valence-electron chi connectivity index (χ1n) is 6.23. The highest BCUT2D eigenvalue weighted by Gasteiger charge is 2.23. The van der Waals surface area contributed by atoms with Gasteiger partial charge in [-0.3, -0.25) is 9.69 Å². The Morgan fingerprint density at radius 3 is 2.20 bits per heavy atom. The molecule has 0 N–H and O–H groups in total. The van der Waals surface area contributed by atoms with Crippen molar-refractivity contribution in [3.8, 4) is 0 Å². The van der Waals surface area contributed by atoms with Gasteiger partial charge in [0, 0.05) is 6.92 Å². The zero-order valence-corrected chi connectivity index (χ0v) is 11.6. The molecule has 0 unspecified atom stereocenters. The predicted octanol–water partition coefficient (Wildman–Crippen LogP) is 4.27. The van der Waals surface area contributed by atoms with Crippen molar-refractivity contribution in [2.45, 2.75) is 20.8 Å². The zero-order chi connectivity index (χ0) is 14.9. The molecule has 0 spiro atoms. The van der Waals surface area contributed by atoms with Gasteiger partial charge in [0.2, 0.25) is 5.91 Å². The maximum atomic E-state index is 13.9. The summed E-state index contributed by atoms with van der Waals surface area (Å²) < 4.78 is 27.9. The molecule has 0 bridgehead atoms. The first-order chi connectivity index (χ1) is 9.41. The molecule has 2 aromatic carbocycles. The van der Waals surface area contributed by atoms with Crippen LogP contribution in [0, 0.1) is 25.5 Å². The van der Waals surface area contributed by atoms with Crippen molar-refractivity contribution in [3.63, 3.8) is 0 Å². The first kappa shape index (κ1) is 14.2. The average molecular weight is 275 g/mol. The van der Waals surface area contributed by atoms with E-state index in [1.54, 1.807) is 13.0 Å². The second-order valence-electron chi connectivity index (χ2n) is 4.71. The fraction of sp³-hybridized carbons (Fsp3) is 0.188. The summed E-state index contributed by atoms with van der Waals surface area (Å²) in [5.74, 6) is -1.97. The van der Waals surface area contributed by atoms with Crippen LogP contribution in [0.15, 0.2) is 36.4 Å². The number of hydrogen-bond acceptors (Lipinski definition) is 1. The smallest absolute Gasteiger partial charge is 0.228 e. The van der Waals surface area contributed by atoms with Crippen LogP contribution in [0.5, 0.6) is 0 Å². The van der Waals surface area contributed by atoms with Gasteiger partial charge < -0.3 is 0 Å². The van der Waals surface area contributed by atoms with Crippen LogP contribution in [-0.4, -0.2) is 5.91 Å². The summed E-state index contributed by atoms with van der Waals surface area (Å²) in [7, 11) is 0. The molecular formula is C16H15F2NO. The van der Waals surface area contributed by atoms with E-state index in [9.17, 15) is 13.6 Å². The van der Waals surface area contributed by atoms with E-state index in [2.05, 4.69) is 0 Å². The van der Waals surface area contributed by atoms with E-state index in [-0.39, 0.29) is 5.69 Å². The second kappa shape index (κ2) is 5.41. The minimum Gasteiger partial charge on any atom is -0.275 e. The molecule has 2 nitrogen and oxygen atoms in total. The number of nitrogens with zero attached hydrogens (tertiary/aromatic N) is 1. The molecule has 0 atom stereocenters. The first-order valence-corrected chi connectivity index (χ1v) is 6.23. The molecule has 0 fully saturated rings. The SMILES string of the molecule is CC(=O)N(c1cc(C)ccc1C)c1c(F)cccc1F. The van der Waals surface area contributed by atoms with Gasteiger partial charge in [0.05, 0.1) is 5.69 Å². The number of anilines is 2. The van der Waals surface area contributed by atoms with E-state index < -0.39 is 17.5 Å². The number of amides is 1. The highest BCUT2D eigenvalue weighted by Crippen LogP contribution is 2.33. The monoisotopic (exact) mass is 275 g/mol. The Hall–Kier alpha value is -2.23. The third-order valence-corrected chi connectivity index (χ3v) is 3.08. The Balaban J connectivity index is 2.69. The fourth-order valence-corrected chi connectivity index (χ4v) is 2.11. The molecule has 0 aliphatic rings. The van der Waals surface area contributed by atoms with Gasteiger partial charge in [-0.2, -0.15) is 0 Å². The summed E-state index contributed by atoms with van der Waals surface area (Å²) in [6.07, 6.45) is 0. The van der Waals surface area contributed by atoms with E-state index in [0.29, 0.717) is 5.69 Å². The van der Waals surface area contributed by atoms with E-state index in [1.807, 2.05) is 19.1 Å². The van der Waals surface area contributed by atoms with Crippen molar-refractivity contribution < 1.29 is 13.6 Å². The summed E-state index contributed by atoms with van der Waals surface area (Å²) >= 11 is 0. The van der Waals surface area contributed by atoms with Crippen molar-refractivity contribution in [1.82, 2.24) is 0 Å². The Morgan fingerprint density at radius 2 is 1.65 bits per heavy atom. The lowest BCUT2D eigenvalue weighted by Gasteiger charge is -2.24. The Labute approximate surface area is 116 Å². The fourth-order valence-electron chi connectivity index (χ4n) is 2.11. The molecule has 4 heteroatoms. The predicted molar refractivity (Wildman–Crippen MR) is 75.1 cm³/mol. The molecular weight excluding hydrogens is 260 g/mol. The summed E-state index contributed by atoms with van der Waals surface area (Å²) in [4.78, 5) is 13.0. The number of carbonyl (C=O) groups excluding carboxylic acids is 1. The quantitative estimate of drug-likeness (QED) is 0.801. The number of hydrogen-bond donors (Lipinski definition) is 0. The number of rotatable bonds is 2. The second-order valence-corrected chi connectivity index (χ2v) is 4.71. The lowest BCUT2D eigenvalue weighted by Crippen LogP contribution is -2.25. The van der Waals surface area contributed by atoms with Gasteiger partial charge in [0.15, 0.2) is 0 Å². The van der Waals surface area contributed by atoms with Crippen LogP contribution in [0.4, 0.5) is 20.2 Å². The van der Waals surface area contributed by atoms with Gasteiger partial charge in [0.25, 0.3) is 0 Å². The number of aryl methyl sites for hydroxylation is 2. The molecule has 0 aromatic heterocycles. The lowest BCUT2D eigenvalue weighted by molar-refractivity contribution is -0.115. The topological polar surface area (TPSA) is 20.3 Å². The molecule has 2 rings (SSSR count). The third kappa shape index (κ3) is 2.54. The van der Waals surface area contributed by atoms with Crippen molar-refractivity contribution in [1.29, 1.82) is 0 Å². The maximum absolute atomic E-state index is 13.9. The Morgan fingerprint density at radius 1 is 1.05 bits per heavy atom. The maximum Gasteiger partial charge on any atom is 0.228 e. The Kier molecular flexibility index (Phi) is 3.84. The molecule has 1 amide bonds. The van der Waals surface area contributed by atoms with Crippen molar-refractivity contribution in [3.05, 3.63) is 59.2 Å². The van der Waals surface area contributed by atoms with E-state index >= 15 is 0 Å². The summed E-state index contributed by atoms with van der Waals surface area (Å²) in [6.45, 7) is 4.94. The third-order valence-electron chi connectivity index (χ3n) is 3.08. The lowest BCUT2D eigenvalue weighted by atomic mass is 10.1. The van der Waals surface area contributed by atoms with Crippen LogP contribution >= 0.6 is 0 Å². The van der Waals surface area contributed by atoms with Crippen LogP contribution < -0.4 is 4.90 Å². The number of halogens is 2. The van der Waals surface area contributed by atoms with Crippen LogP contribution in [0.1, 0.15) is 18.1 Å². The highest BCUT2D eigenvalue weighted by atomic mass is 19.1. The summed E-state index contributed by atoms with van der Waals surface area (Å²) in [6, 6.07) is 8.99. The number of carbonyl (C=O) groups is 1. The van der Waals surface area contributed by atoms with Gasteiger partial charge >= 0.3 is 0 Å². The molecule has 0 saturated heterocycles. The van der Waals surface area contributed by atoms with Crippen molar-refractivity contribution in [2.24, 2.45) is 0 Å². The zero-order valence-electron chi connectivity index (χ0n) is 11.6. The molecule has 20 heavy (non-hydrogen) atoms. The number of benzene rings is 2. The van der Waals surface area contributed by atoms with Crippen LogP contribution in [0.25, 0.3) is 0 Å². The summed E-state index contributed by atoms with van der Waals surface area (Å²) in [5, 5.41) is 0. The van der Waals surface area contributed by atoms with Gasteiger partial charge in [-0.1, -0.05) is 18.2 Å². The van der Waals surface area contributed by atoms with Crippen molar-refractivity contribution in [2.75, 3.05) is 4.90 Å². The summed E-state index contributed by atoms with van der Waals surface area (Å²) in [5.41, 5.74) is 1.83. The van der Waals surface area contributed by atoms with Gasteiger partial charge in [-0.25, -0.2) is 8.78 Å². The van der Waals surface area contributed by atoms with E-state index in [1.165, 1.54) is 13.0 Å². The van der Waals surface area contributed by atoms with Crippen LogP contribution in [0.3, 0.4) is 0 Å². The molecule has 0 radical (unpaired) electrons. The van der Waals surface area contributed by atoms with Crippen LogP contribution in [0.2, 0.25) is 0 Å². The average Bonchev–Trinajstić information content (AvgIpc) is 2.37. The molecule has 0 heterocycles. The molecule has 2 aromatic rings. The largest absolute Gasteiger partial charge is 0.275 e. The number of para-hydroxylation sites is 1. The van der Waals surface area contributed by atoms with Gasteiger partial charge in [0.1, 0.15) is 17.3 Å². The minimum absolute atomic E-state index is 0.339. The highest BCUT2D eigenvalue weighted by molar-refractivity contribution is 6.00. The molecule has 0 aliphatic carbocycles. The molecule has 104 valence electrons.